The Bertz CT molecular complexity index is 278. The molecular formula is C9H17N3O4. The molecule has 0 aliphatic carbocycles. The number of amides is 3. The van der Waals surface area contributed by atoms with E-state index in [0.29, 0.717) is 0 Å². The summed E-state index contributed by atoms with van der Waals surface area (Å²) in [7, 11) is 1.45. The fourth-order valence-corrected chi connectivity index (χ4v) is 0.980. The maximum Gasteiger partial charge on any atom is 0.323 e. The minimum absolute atomic E-state index is 0.168. The molecular weight excluding hydrogens is 214 g/mol. The number of carbonyl (C=O) groups is 3. The van der Waals surface area contributed by atoms with Crippen molar-refractivity contribution in [1.82, 2.24) is 15.5 Å². The zero-order chi connectivity index (χ0) is 12.7. The molecule has 0 aromatic rings. The fraction of sp³-hybridized carbons (Fsp3) is 0.667. The van der Waals surface area contributed by atoms with E-state index in [0.717, 1.165) is 4.90 Å². The van der Waals surface area contributed by atoms with Crippen LogP contribution in [-0.4, -0.2) is 54.1 Å². The first kappa shape index (κ1) is 14.2. The second-order valence-electron chi connectivity index (χ2n) is 3.45. The molecule has 0 rings (SSSR count). The quantitative estimate of drug-likeness (QED) is 0.579. The van der Waals surface area contributed by atoms with E-state index in [1.807, 2.05) is 0 Å². The molecule has 0 atom stereocenters. The monoisotopic (exact) mass is 231 g/mol. The summed E-state index contributed by atoms with van der Waals surface area (Å²) in [5, 5.41) is 13.3. The Morgan fingerprint density at radius 3 is 2.25 bits per heavy atom. The minimum Gasteiger partial charge on any atom is -0.480 e. The van der Waals surface area contributed by atoms with Gasteiger partial charge in [-0.15, -0.1) is 0 Å². The topological polar surface area (TPSA) is 98.7 Å². The van der Waals surface area contributed by atoms with E-state index in [-0.39, 0.29) is 18.5 Å². The van der Waals surface area contributed by atoms with E-state index in [1.165, 1.54) is 7.05 Å². The highest BCUT2D eigenvalue weighted by molar-refractivity contribution is 5.85. The van der Waals surface area contributed by atoms with Crippen molar-refractivity contribution in [3.63, 3.8) is 0 Å². The van der Waals surface area contributed by atoms with Gasteiger partial charge in [0.05, 0.1) is 6.54 Å². The number of carbonyl (C=O) groups excluding carboxylic acids is 2. The van der Waals surface area contributed by atoms with Gasteiger partial charge in [0.1, 0.15) is 6.54 Å². The van der Waals surface area contributed by atoms with Crippen LogP contribution in [0.4, 0.5) is 4.79 Å². The zero-order valence-electron chi connectivity index (χ0n) is 9.61. The highest BCUT2D eigenvalue weighted by atomic mass is 16.4. The molecule has 3 amide bonds. The molecule has 0 spiro atoms. The van der Waals surface area contributed by atoms with Crippen LogP contribution in [0.1, 0.15) is 13.8 Å². The van der Waals surface area contributed by atoms with Gasteiger partial charge in [0.25, 0.3) is 0 Å². The van der Waals surface area contributed by atoms with Crippen molar-refractivity contribution in [2.45, 2.75) is 19.9 Å². The van der Waals surface area contributed by atoms with E-state index in [1.54, 1.807) is 13.8 Å². The van der Waals surface area contributed by atoms with Crippen LogP contribution in [0.2, 0.25) is 0 Å². The van der Waals surface area contributed by atoms with Gasteiger partial charge in [-0.05, 0) is 13.8 Å². The van der Waals surface area contributed by atoms with Crippen LogP contribution < -0.4 is 10.6 Å². The molecule has 0 bridgehead atoms. The largest absolute Gasteiger partial charge is 0.480 e. The van der Waals surface area contributed by atoms with Gasteiger partial charge >= 0.3 is 12.0 Å². The van der Waals surface area contributed by atoms with Crippen LogP contribution in [-0.2, 0) is 9.59 Å². The highest BCUT2D eigenvalue weighted by Crippen LogP contribution is 1.98. The van der Waals surface area contributed by atoms with Crippen molar-refractivity contribution >= 4 is 17.9 Å². The van der Waals surface area contributed by atoms with Crippen molar-refractivity contribution in [1.29, 1.82) is 0 Å². The van der Waals surface area contributed by atoms with E-state index >= 15 is 0 Å². The number of carboxylic acids is 1. The molecule has 7 nitrogen and oxygen atoms in total. The van der Waals surface area contributed by atoms with Crippen molar-refractivity contribution in [2.24, 2.45) is 0 Å². The summed E-state index contributed by atoms with van der Waals surface area (Å²) in [5.41, 5.74) is 0. The third kappa shape index (κ3) is 5.18. The summed E-state index contributed by atoms with van der Waals surface area (Å²) in [5.74, 6) is -1.43. The SMILES string of the molecule is CNC(=O)CNC(=O)N(CC(=O)O)C(C)C. The molecule has 0 heterocycles. The lowest BCUT2D eigenvalue weighted by atomic mass is 10.3. The Hall–Kier alpha value is -1.79. The summed E-state index contributed by atoms with van der Waals surface area (Å²) in [6.45, 7) is 2.83. The number of nitrogens with one attached hydrogen (secondary N) is 2. The molecule has 16 heavy (non-hydrogen) atoms. The molecule has 0 unspecified atom stereocenters. The smallest absolute Gasteiger partial charge is 0.323 e. The third-order valence-electron chi connectivity index (χ3n) is 1.87. The van der Waals surface area contributed by atoms with Crippen molar-refractivity contribution < 1.29 is 19.5 Å². The second-order valence-corrected chi connectivity index (χ2v) is 3.45. The fourth-order valence-electron chi connectivity index (χ4n) is 0.980. The number of carboxylic acid groups (broad SMARTS) is 1. The standard InChI is InChI=1S/C9H17N3O4/c1-6(2)12(5-8(14)15)9(16)11-4-7(13)10-3/h6H,4-5H2,1-3H3,(H,10,13)(H,11,16)(H,14,15). The molecule has 0 aliphatic heterocycles. The molecule has 0 saturated heterocycles. The van der Waals surface area contributed by atoms with Crippen LogP contribution in [0, 0.1) is 0 Å². The summed E-state index contributed by atoms with van der Waals surface area (Å²) >= 11 is 0. The molecule has 0 fully saturated rings. The summed E-state index contributed by atoms with van der Waals surface area (Å²) in [6, 6.07) is -0.818. The average Bonchev–Trinajstić information content (AvgIpc) is 2.21. The van der Waals surface area contributed by atoms with Gasteiger partial charge in [0, 0.05) is 13.1 Å². The minimum atomic E-state index is -1.09. The van der Waals surface area contributed by atoms with Crippen LogP contribution in [0.5, 0.6) is 0 Å². The Morgan fingerprint density at radius 2 is 1.88 bits per heavy atom. The predicted octanol–water partition coefficient (Wildman–Crippen LogP) is -0.763. The average molecular weight is 231 g/mol. The van der Waals surface area contributed by atoms with Gasteiger partial charge in [0.2, 0.25) is 5.91 Å². The third-order valence-corrected chi connectivity index (χ3v) is 1.87. The number of rotatable bonds is 5. The first-order valence-corrected chi connectivity index (χ1v) is 4.85. The Labute approximate surface area is 93.8 Å². The second kappa shape index (κ2) is 6.65. The number of nitrogens with zero attached hydrogens (tertiary/aromatic N) is 1. The van der Waals surface area contributed by atoms with E-state index in [2.05, 4.69) is 10.6 Å². The van der Waals surface area contributed by atoms with Gasteiger partial charge < -0.3 is 20.6 Å². The maximum absolute atomic E-state index is 11.5. The molecule has 0 aromatic carbocycles. The van der Waals surface area contributed by atoms with Gasteiger partial charge in [-0.2, -0.15) is 0 Å². The highest BCUT2D eigenvalue weighted by Gasteiger charge is 2.19. The lowest BCUT2D eigenvalue weighted by molar-refractivity contribution is -0.138. The Morgan fingerprint density at radius 1 is 1.31 bits per heavy atom. The van der Waals surface area contributed by atoms with Crippen LogP contribution in [0.3, 0.4) is 0 Å². The van der Waals surface area contributed by atoms with E-state index < -0.39 is 18.5 Å². The molecule has 0 aliphatic rings. The van der Waals surface area contributed by atoms with E-state index in [9.17, 15) is 14.4 Å². The lowest BCUT2D eigenvalue weighted by Gasteiger charge is -2.24. The van der Waals surface area contributed by atoms with Crippen LogP contribution >= 0.6 is 0 Å². The van der Waals surface area contributed by atoms with Gasteiger partial charge in [-0.25, -0.2) is 4.79 Å². The lowest BCUT2D eigenvalue weighted by Crippen LogP contribution is -2.48. The predicted molar refractivity (Wildman–Crippen MR) is 56.9 cm³/mol. The number of hydrogen-bond acceptors (Lipinski definition) is 3. The molecule has 0 saturated carbocycles. The van der Waals surface area contributed by atoms with Gasteiger partial charge in [-0.3, -0.25) is 9.59 Å². The summed E-state index contributed by atoms with van der Waals surface area (Å²) in [4.78, 5) is 34.0. The zero-order valence-corrected chi connectivity index (χ0v) is 9.61. The van der Waals surface area contributed by atoms with Crippen molar-refractivity contribution in [2.75, 3.05) is 20.1 Å². The molecule has 7 heteroatoms. The summed E-state index contributed by atoms with van der Waals surface area (Å²) < 4.78 is 0. The Kier molecular flexibility index (Phi) is 5.91. The van der Waals surface area contributed by atoms with E-state index in [4.69, 9.17) is 5.11 Å². The number of hydrogen-bond donors (Lipinski definition) is 3. The van der Waals surface area contributed by atoms with Crippen LogP contribution in [0.25, 0.3) is 0 Å². The van der Waals surface area contributed by atoms with Crippen molar-refractivity contribution in [3.8, 4) is 0 Å². The molecule has 3 N–H and O–H groups in total. The molecule has 92 valence electrons. The maximum atomic E-state index is 11.5. The van der Waals surface area contributed by atoms with Crippen LogP contribution in [0.15, 0.2) is 0 Å². The number of aliphatic carboxylic acids is 1. The van der Waals surface area contributed by atoms with Gasteiger partial charge in [-0.1, -0.05) is 0 Å². The first-order chi connectivity index (χ1) is 7.38. The van der Waals surface area contributed by atoms with Crippen molar-refractivity contribution in [3.05, 3.63) is 0 Å². The summed E-state index contributed by atoms with van der Waals surface area (Å²) in [6.07, 6.45) is 0. The Balaban J connectivity index is 4.28. The normalized spacial score (nSPS) is 9.75. The first-order valence-electron chi connectivity index (χ1n) is 4.85. The number of urea groups is 1. The number of likely N-dealkylation sites (N-methyl/N-ethyl adjacent to an activating group) is 1. The van der Waals surface area contributed by atoms with Gasteiger partial charge in [0.15, 0.2) is 0 Å². The molecule has 0 aromatic heterocycles. The molecule has 0 radical (unpaired) electrons.